The predicted molar refractivity (Wildman–Crippen MR) is 89.2 cm³/mol. The van der Waals surface area contributed by atoms with Gasteiger partial charge in [0.2, 0.25) is 0 Å². The second kappa shape index (κ2) is 7.20. The molecule has 0 aliphatic heterocycles. The fraction of sp³-hybridized carbons (Fsp3) is 0.267. The molecule has 1 N–H and O–H groups in total. The van der Waals surface area contributed by atoms with Crippen molar-refractivity contribution in [2.24, 2.45) is 0 Å². The minimum atomic E-state index is -4.47. The summed E-state index contributed by atoms with van der Waals surface area (Å²) in [7, 11) is -4.47. The number of aromatic nitrogens is 2. The standard InChI is InChI=1S/C15H16N2O4S2/c1-10-3-4-11(8-22-2)13(5-10)15(23(19,20)21)14-6-12(7-18)16-9-17-14/h3-7,9,15H,8H2,1-2H3,(H,19,20,21). The Labute approximate surface area is 139 Å². The second-order valence-corrected chi connectivity index (χ2v) is 7.38. The van der Waals surface area contributed by atoms with Crippen LogP contribution in [-0.2, 0) is 15.9 Å². The lowest BCUT2D eigenvalue weighted by Crippen LogP contribution is -2.17. The lowest BCUT2D eigenvalue weighted by Gasteiger charge is -2.18. The Balaban J connectivity index is 2.69. The molecule has 0 saturated heterocycles. The number of nitrogens with zero attached hydrogens (tertiary/aromatic N) is 2. The average molecular weight is 352 g/mol. The molecule has 1 heterocycles. The van der Waals surface area contributed by atoms with E-state index >= 15 is 0 Å². The molecule has 0 aliphatic rings. The molecular weight excluding hydrogens is 336 g/mol. The summed E-state index contributed by atoms with van der Waals surface area (Å²) in [5.74, 6) is 0.591. The van der Waals surface area contributed by atoms with Crippen molar-refractivity contribution in [2.75, 3.05) is 6.26 Å². The molecule has 2 rings (SSSR count). The number of aryl methyl sites for hydroxylation is 1. The largest absolute Gasteiger partial charge is 0.296 e. The average Bonchev–Trinajstić information content (AvgIpc) is 2.49. The van der Waals surface area contributed by atoms with Crippen LogP contribution < -0.4 is 0 Å². The van der Waals surface area contributed by atoms with Crippen molar-refractivity contribution in [1.29, 1.82) is 0 Å². The van der Waals surface area contributed by atoms with Gasteiger partial charge in [0, 0.05) is 5.75 Å². The zero-order chi connectivity index (χ0) is 17.0. The zero-order valence-electron chi connectivity index (χ0n) is 12.6. The lowest BCUT2D eigenvalue weighted by molar-refractivity contribution is 0.111. The third-order valence-electron chi connectivity index (χ3n) is 3.28. The van der Waals surface area contributed by atoms with Crippen molar-refractivity contribution < 1.29 is 17.8 Å². The van der Waals surface area contributed by atoms with Crippen molar-refractivity contribution in [2.45, 2.75) is 17.9 Å². The first kappa shape index (κ1) is 17.6. The molecule has 0 spiro atoms. The maximum atomic E-state index is 12.0. The topological polar surface area (TPSA) is 97.2 Å². The number of benzene rings is 1. The summed E-state index contributed by atoms with van der Waals surface area (Å²) in [4.78, 5) is 18.6. The molecule has 8 heteroatoms. The maximum Gasteiger partial charge on any atom is 0.277 e. The molecule has 1 unspecified atom stereocenters. The van der Waals surface area contributed by atoms with E-state index in [1.54, 1.807) is 17.8 Å². The van der Waals surface area contributed by atoms with Gasteiger partial charge >= 0.3 is 0 Å². The molecular formula is C15H16N2O4S2. The van der Waals surface area contributed by atoms with E-state index in [0.717, 1.165) is 17.5 Å². The van der Waals surface area contributed by atoms with E-state index in [1.807, 2.05) is 25.3 Å². The van der Waals surface area contributed by atoms with Crippen molar-refractivity contribution in [3.8, 4) is 0 Å². The molecule has 1 aromatic carbocycles. The van der Waals surface area contributed by atoms with Crippen LogP contribution in [-0.4, -0.2) is 35.5 Å². The van der Waals surface area contributed by atoms with Gasteiger partial charge in [0.1, 0.15) is 12.0 Å². The van der Waals surface area contributed by atoms with Gasteiger partial charge in [0.25, 0.3) is 10.1 Å². The van der Waals surface area contributed by atoms with Crippen LogP contribution in [0.1, 0.15) is 38.1 Å². The molecule has 0 bridgehead atoms. The summed E-state index contributed by atoms with van der Waals surface area (Å²) in [5.41, 5.74) is 2.23. The van der Waals surface area contributed by atoms with Crippen LogP contribution in [0.2, 0.25) is 0 Å². The highest BCUT2D eigenvalue weighted by Gasteiger charge is 2.31. The molecule has 0 amide bonds. The Kier molecular flexibility index (Phi) is 5.51. The Morgan fingerprint density at radius 2 is 2.04 bits per heavy atom. The van der Waals surface area contributed by atoms with Gasteiger partial charge in [0.15, 0.2) is 11.5 Å². The van der Waals surface area contributed by atoms with Gasteiger partial charge < -0.3 is 0 Å². The van der Waals surface area contributed by atoms with Gasteiger partial charge in [-0.1, -0.05) is 23.8 Å². The summed E-state index contributed by atoms with van der Waals surface area (Å²) in [6.07, 6.45) is 3.52. The number of hydrogen-bond acceptors (Lipinski definition) is 6. The molecule has 2 aromatic rings. The number of aldehydes is 1. The summed E-state index contributed by atoms with van der Waals surface area (Å²) in [6.45, 7) is 1.84. The molecule has 0 radical (unpaired) electrons. The van der Waals surface area contributed by atoms with Gasteiger partial charge in [-0.2, -0.15) is 20.2 Å². The quantitative estimate of drug-likeness (QED) is 0.630. The van der Waals surface area contributed by atoms with Crippen molar-refractivity contribution in [3.05, 3.63) is 58.7 Å². The van der Waals surface area contributed by atoms with Crippen LogP contribution in [0.5, 0.6) is 0 Å². The SMILES string of the molecule is CSCc1ccc(C)cc1C(c1cc(C=O)ncn1)S(=O)(=O)O. The van der Waals surface area contributed by atoms with E-state index in [2.05, 4.69) is 9.97 Å². The smallest absolute Gasteiger partial charge is 0.277 e. The van der Waals surface area contributed by atoms with Gasteiger partial charge in [-0.25, -0.2) is 9.97 Å². The normalized spacial score (nSPS) is 12.8. The van der Waals surface area contributed by atoms with Crippen LogP contribution >= 0.6 is 11.8 Å². The van der Waals surface area contributed by atoms with Gasteiger partial charge in [0.05, 0.1) is 5.69 Å². The number of thioether (sulfide) groups is 1. The van der Waals surface area contributed by atoms with Crippen LogP contribution in [0.3, 0.4) is 0 Å². The number of hydrogen-bond donors (Lipinski definition) is 1. The van der Waals surface area contributed by atoms with Crippen LogP contribution in [0.25, 0.3) is 0 Å². The highest BCUT2D eigenvalue weighted by molar-refractivity contribution is 7.97. The number of carbonyl (C=O) groups excluding carboxylic acids is 1. The first-order valence-electron chi connectivity index (χ1n) is 6.68. The third-order valence-corrected chi connectivity index (χ3v) is 4.97. The van der Waals surface area contributed by atoms with Crippen molar-refractivity contribution in [1.82, 2.24) is 9.97 Å². The molecule has 0 fully saturated rings. The molecule has 122 valence electrons. The molecule has 6 nitrogen and oxygen atoms in total. The summed E-state index contributed by atoms with van der Waals surface area (Å²) < 4.78 is 33.7. The van der Waals surface area contributed by atoms with Crippen molar-refractivity contribution in [3.63, 3.8) is 0 Å². The van der Waals surface area contributed by atoms with Crippen LogP contribution in [0.4, 0.5) is 0 Å². The summed E-state index contributed by atoms with van der Waals surface area (Å²) >= 11 is 1.54. The first-order valence-corrected chi connectivity index (χ1v) is 9.58. The fourth-order valence-corrected chi connectivity index (χ4v) is 3.86. The molecule has 1 aromatic heterocycles. The first-order chi connectivity index (χ1) is 10.9. The monoisotopic (exact) mass is 352 g/mol. The van der Waals surface area contributed by atoms with E-state index in [4.69, 9.17) is 0 Å². The van der Waals surface area contributed by atoms with E-state index in [9.17, 15) is 17.8 Å². The highest BCUT2D eigenvalue weighted by Crippen LogP contribution is 2.33. The number of rotatable bonds is 6. The lowest BCUT2D eigenvalue weighted by atomic mass is 10.0. The molecule has 0 aliphatic carbocycles. The molecule has 23 heavy (non-hydrogen) atoms. The Morgan fingerprint density at radius 1 is 1.30 bits per heavy atom. The fourth-order valence-electron chi connectivity index (χ4n) is 2.31. The number of carbonyl (C=O) groups is 1. The molecule has 1 atom stereocenters. The minimum absolute atomic E-state index is 0.0581. The van der Waals surface area contributed by atoms with Crippen LogP contribution in [0.15, 0.2) is 30.6 Å². The molecule has 0 saturated carbocycles. The predicted octanol–water partition coefficient (Wildman–Crippen LogP) is 2.44. The highest BCUT2D eigenvalue weighted by atomic mass is 32.2. The third kappa shape index (κ3) is 4.15. The Bertz CT molecular complexity index is 822. The zero-order valence-corrected chi connectivity index (χ0v) is 14.3. The maximum absolute atomic E-state index is 12.0. The van der Waals surface area contributed by atoms with E-state index in [1.165, 1.54) is 6.07 Å². The van der Waals surface area contributed by atoms with Gasteiger partial charge in [-0.3, -0.25) is 9.35 Å². The summed E-state index contributed by atoms with van der Waals surface area (Å²) in [6, 6.07) is 6.71. The summed E-state index contributed by atoms with van der Waals surface area (Å²) in [5, 5.41) is -1.36. The van der Waals surface area contributed by atoms with E-state index < -0.39 is 15.4 Å². The Hall–Kier alpha value is -1.77. The van der Waals surface area contributed by atoms with Gasteiger partial charge in [-0.15, -0.1) is 0 Å². The van der Waals surface area contributed by atoms with E-state index in [-0.39, 0.29) is 11.4 Å². The van der Waals surface area contributed by atoms with Gasteiger partial charge in [-0.05, 0) is 30.4 Å². The van der Waals surface area contributed by atoms with Crippen LogP contribution in [0, 0.1) is 6.92 Å². The Morgan fingerprint density at radius 3 is 2.65 bits per heavy atom. The van der Waals surface area contributed by atoms with Crippen molar-refractivity contribution >= 4 is 28.2 Å². The second-order valence-electron chi connectivity index (χ2n) is 5.02. The van der Waals surface area contributed by atoms with E-state index in [0.29, 0.717) is 17.6 Å². The minimum Gasteiger partial charge on any atom is -0.296 e.